The largest absolute Gasteiger partial charge is 0.509 e. The number of carbonyl (C=O) groups is 1. The molecule has 1 N–H and O–H groups in total. The molecule has 1 fully saturated rings. The predicted octanol–water partition coefficient (Wildman–Crippen LogP) is 3.34. The van der Waals surface area contributed by atoms with Crippen LogP contribution in [0, 0.1) is 16.0 Å². The number of aromatic nitrogens is 1. The summed E-state index contributed by atoms with van der Waals surface area (Å²) in [6.45, 7) is 1.31. The zero-order valence-electron chi connectivity index (χ0n) is 13.9. The van der Waals surface area contributed by atoms with Crippen LogP contribution in [-0.2, 0) is 14.3 Å². The number of esters is 1. The molecule has 134 valence electrons. The third kappa shape index (κ3) is 4.07. The number of aliphatic hydroxyl groups is 1. The van der Waals surface area contributed by atoms with Crippen molar-refractivity contribution in [3.63, 3.8) is 0 Å². The van der Waals surface area contributed by atoms with Gasteiger partial charge < -0.3 is 14.6 Å². The first kappa shape index (κ1) is 17.2. The van der Waals surface area contributed by atoms with Crippen molar-refractivity contribution in [2.24, 2.45) is 5.92 Å². The molecule has 0 saturated heterocycles. The van der Waals surface area contributed by atoms with Crippen LogP contribution in [-0.4, -0.2) is 27.1 Å². The van der Waals surface area contributed by atoms with E-state index in [4.69, 9.17) is 9.47 Å². The van der Waals surface area contributed by atoms with Gasteiger partial charge in [-0.3, -0.25) is 19.9 Å². The number of rotatable bonds is 4. The van der Waals surface area contributed by atoms with Crippen molar-refractivity contribution in [3.8, 4) is 0 Å². The van der Waals surface area contributed by atoms with E-state index in [0.717, 1.165) is 12.8 Å². The number of nitro groups is 1. The van der Waals surface area contributed by atoms with E-state index >= 15 is 0 Å². The number of ether oxygens (including phenoxy) is 2. The Hall–Kier alpha value is -2.64. The second-order valence-electron chi connectivity index (χ2n) is 6.39. The lowest BCUT2D eigenvalue weighted by Gasteiger charge is -2.28. The molecule has 8 nitrogen and oxygen atoms in total. The monoisotopic (exact) mass is 348 g/mol. The molecule has 0 spiro atoms. The smallest absolute Gasteiger partial charge is 0.302 e. The Morgan fingerprint density at radius 2 is 2.20 bits per heavy atom. The fourth-order valence-corrected chi connectivity index (χ4v) is 3.08. The molecule has 0 aromatic carbocycles. The first-order valence-electron chi connectivity index (χ1n) is 8.30. The van der Waals surface area contributed by atoms with Crippen LogP contribution >= 0.6 is 0 Å². The molecule has 2 atom stereocenters. The third-order valence-corrected chi connectivity index (χ3v) is 4.39. The minimum atomic E-state index is -0.689. The Morgan fingerprint density at radius 3 is 2.84 bits per heavy atom. The van der Waals surface area contributed by atoms with Crippen molar-refractivity contribution in [2.75, 3.05) is 0 Å². The van der Waals surface area contributed by atoms with Gasteiger partial charge in [-0.15, -0.1) is 0 Å². The molecule has 2 heterocycles. The molecule has 0 radical (unpaired) electrons. The summed E-state index contributed by atoms with van der Waals surface area (Å²) in [6.07, 6.45) is 4.41. The molecule has 1 aromatic heterocycles. The van der Waals surface area contributed by atoms with Crippen LogP contribution in [0.25, 0.3) is 0 Å². The van der Waals surface area contributed by atoms with Crippen LogP contribution in [0.2, 0.25) is 0 Å². The summed E-state index contributed by atoms with van der Waals surface area (Å²) < 4.78 is 11.3. The van der Waals surface area contributed by atoms with Crippen LogP contribution in [0.5, 0.6) is 0 Å². The minimum absolute atomic E-state index is 0.140. The average Bonchev–Trinajstić information content (AvgIpc) is 3.38. The zero-order valence-corrected chi connectivity index (χ0v) is 13.9. The van der Waals surface area contributed by atoms with E-state index in [-0.39, 0.29) is 23.8 Å². The molecule has 1 aliphatic carbocycles. The molecule has 0 unspecified atom stereocenters. The molecular formula is C17H20N2O6. The van der Waals surface area contributed by atoms with Crippen molar-refractivity contribution >= 4 is 11.7 Å². The van der Waals surface area contributed by atoms with Crippen molar-refractivity contribution in [2.45, 2.75) is 51.2 Å². The lowest BCUT2D eigenvalue weighted by atomic mass is 9.97. The Bertz CT molecular complexity index is 713. The summed E-state index contributed by atoms with van der Waals surface area (Å²) in [4.78, 5) is 26.0. The van der Waals surface area contributed by atoms with Crippen LogP contribution in [0.15, 0.2) is 30.0 Å². The number of hydrogen-bond donors (Lipinski definition) is 1. The highest BCUT2D eigenvalue weighted by molar-refractivity contribution is 5.66. The highest BCUT2D eigenvalue weighted by Crippen LogP contribution is 2.44. The van der Waals surface area contributed by atoms with Crippen LogP contribution in [0.1, 0.15) is 50.7 Å². The van der Waals surface area contributed by atoms with Gasteiger partial charge in [0.05, 0.1) is 10.5 Å². The summed E-state index contributed by atoms with van der Waals surface area (Å²) in [7, 11) is 0. The first-order chi connectivity index (χ1) is 12.0. The second kappa shape index (κ2) is 7.08. The van der Waals surface area contributed by atoms with Crippen molar-refractivity contribution in [1.29, 1.82) is 0 Å². The molecule has 1 aliphatic heterocycles. The molecule has 2 aliphatic rings. The fraction of sp³-hybridized carbons (Fsp3) is 0.529. The minimum Gasteiger partial charge on any atom is -0.509 e. The van der Waals surface area contributed by atoms with Gasteiger partial charge in [0.1, 0.15) is 29.9 Å². The van der Waals surface area contributed by atoms with Gasteiger partial charge in [-0.05, 0) is 25.3 Å². The number of aliphatic hydroxyl groups excluding tert-OH is 1. The molecule has 25 heavy (non-hydrogen) atoms. The van der Waals surface area contributed by atoms with Crippen molar-refractivity contribution < 1.29 is 24.3 Å². The molecule has 1 saturated carbocycles. The average molecular weight is 348 g/mol. The number of hydrogen-bond acceptors (Lipinski definition) is 7. The van der Waals surface area contributed by atoms with Crippen LogP contribution in [0.3, 0.4) is 0 Å². The summed E-state index contributed by atoms with van der Waals surface area (Å²) in [5, 5.41) is 21.7. The van der Waals surface area contributed by atoms with Gasteiger partial charge in [0.15, 0.2) is 0 Å². The first-order valence-corrected chi connectivity index (χ1v) is 8.30. The third-order valence-electron chi connectivity index (χ3n) is 4.39. The topological polar surface area (TPSA) is 112 Å². The van der Waals surface area contributed by atoms with Gasteiger partial charge in [-0.2, -0.15) is 0 Å². The van der Waals surface area contributed by atoms with Gasteiger partial charge in [0.2, 0.25) is 0 Å². The molecular weight excluding hydrogens is 328 g/mol. The lowest BCUT2D eigenvalue weighted by molar-refractivity contribution is -0.386. The van der Waals surface area contributed by atoms with E-state index in [1.165, 1.54) is 25.4 Å². The molecule has 0 amide bonds. The molecule has 0 bridgehead atoms. The molecule has 8 heteroatoms. The van der Waals surface area contributed by atoms with Crippen LogP contribution in [0.4, 0.5) is 5.69 Å². The number of carbonyl (C=O) groups excluding carboxylic acids is 1. The molecule has 1 aromatic rings. The Morgan fingerprint density at radius 1 is 1.44 bits per heavy atom. The highest BCUT2D eigenvalue weighted by atomic mass is 16.6. The summed E-state index contributed by atoms with van der Waals surface area (Å²) in [6, 6.07) is 1.54. The van der Waals surface area contributed by atoms with E-state index in [0.29, 0.717) is 24.2 Å². The van der Waals surface area contributed by atoms with Gasteiger partial charge in [-0.1, -0.05) is 0 Å². The number of pyridine rings is 1. The van der Waals surface area contributed by atoms with E-state index in [2.05, 4.69) is 4.98 Å². The zero-order chi connectivity index (χ0) is 18.0. The Kier molecular flexibility index (Phi) is 4.87. The van der Waals surface area contributed by atoms with Crippen LogP contribution < -0.4 is 0 Å². The van der Waals surface area contributed by atoms with E-state index in [1.807, 2.05) is 0 Å². The number of nitrogens with zero attached hydrogens (tertiary/aromatic N) is 2. The second-order valence-corrected chi connectivity index (χ2v) is 6.39. The lowest BCUT2D eigenvalue weighted by Crippen LogP contribution is -2.24. The Labute approximate surface area is 144 Å². The summed E-state index contributed by atoms with van der Waals surface area (Å²) in [5.74, 6) is 0.381. The van der Waals surface area contributed by atoms with Crippen molar-refractivity contribution in [1.82, 2.24) is 4.98 Å². The highest BCUT2D eigenvalue weighted by Gasteiger charge is 2.37. The van der Waals surface area contributed by atoms with Gasteiger partial charge in [0.25, 0.3) is 5.69 Å². The summed E-state index contributed by atoms with van der Waals surface area (Å²) >= 11 is 0. The van der Waals surface area contributed by atoms with E-state index in [1.54, 1.807) is 0 Å². The Balaban J connectivity index is 1.96. The van der Waals surface area contributed by atoms with Gasteiger partial charge >= 0.3 is 5.97 Å². The maximum absolute atomic E-state index is 11.3. The maximum Gasteiger partial charge on any atom is 0.302 e. The normalized spacial score (nSPS) is 24.0. The van der Waals surface area contributed by atoms with E-state index < -0.39 is 23.1 Å². The van der Waals surface area contributed by atoms with Crippen molar-refractivity contribution in [3.05, 3.63) is 45.7 Å². The quantitative estimate of drug-likeness (QED) is 0.504. The standard InChI is InChI=1S/C17H20N2O6/c1-10(20)24-12-4-5-15(21)17(11-2-3-11)25-16(8-12)13-6-7-18-9-14(13)19(22)23/h6-7,9,11-12,16,21H,2-5,8H2,1H3/t12-,16+/m0/s1. The summed E-state index contributed by atoms with van der Waals surface area (Å²) in [5.41, 5.74) is 0.217. The predicted molar refractivity (Wildman–Crippen MR) is 86.5 cm³/mol. The SMILES string of the molecule is CC(=O)O[C@H]1CCC(O)=C(C2CC2)O[C@@H](c2ccncc2[N+](=O)[O-])C1. The molecule has 3 rings (SSSR count). The van der Waals surface area contributed by atoms with E-state index in [9.17, 15) is 20.0 Å². The fourth-order valence-electron chi connectivity index (χ4n) is 3.08. The number of allylic oxidation sites excluding steroid dienone is 2. The van der Waals surface area contributed by atoms with Gasteiger partial charge in [-0.25, -0.2) is 0 Å². The maximum atomic E-state index is 11.3. The van der Waals surface area contributed by atoms with Gasteiger partial charge in [0, 0.05) is 31.9 Å².